The molecule has 0 aromatic heterocycles. The van der Waals surface area contributed by atoms with Crippen LogP contribution in [0.15, 0.2) is 18.2 Å². The van der Waals surface area contributed by atoms with Crippen molar-refractivity contribution in [2.45, 2.75) is 20.4 Å². The maximum absolute atomic E-state index is 9.84. The summed E-state index contributed by atoms with van der Waals surface area (Å²) in [6.07, 6.45) is 0. The van der Waals surface area contributed by atoms with Crippen LogP contribution in [0.4, 0.5) is 5.69 Å². The highest BCUT2D eigenvalue weighted by Gasteiger charge is 2.18. The number of nitrogen functional groups attached to an aromatic ring is 1. The van der Waals surface area contributed by atoms with Gasteiger partial charge in [-0.3, -0.25) is 4.90 Å². The molecule has 1 aromatic carbocycles. The second-order valence-electron chi connectivity index (χ2n) is 5.86. The maximum atomic E-state index is 9.84. The van der Waals surface area contributed by atoms with E-state index in [1.165, 1.54) is 6.54 Å². The van der Waals surface area contributed by atoms with E-state index < -0.39 is 0 Å². The molecule has 2 rings (SSSR count). The molecule has 4 nitrogen and oxygen atoms in total. The fourth-order valence-corrected chi connectivity index (χ4v) is 2.62. The lowest BCUT2D eigenvalue weighted by molar-refractivity contribution is 0.117. The molecule has 0 aliphatic carbocycles. The van der Waals surface area contributed by atoms with Crippen molar-refractivity contribution >= 4 is 5.69 Å². The predicted molar refractivity (Wildman–Crippen MR) is 79.1 cm³/mol. The van der Waals surface area contributed by atoms with E-state index in [0.717, 1.165) is 44.2 Å². The minimum Gasteiger partial charge on any atom is -0.508 e. The molecule has 0 unspecified atom stereocenters. The van der Waals surface area contributed by atoms with Crippen LogP contribution < -0.4 is 5.73 Å². The minimum atomic E-state index is 0.346. The quantitative estimate of drug-likeness (QED) is 0.642. The summed E-state index contributed by atoms with van der Waals surface area (Å²) in [5.74, 6) is 1.07. The van der Waals surface area contributed by atoms with Gasteiger partial charge >= 0.3 is 0 Å². The van der Waals surface area contributed by atoms with Crippen molar-refractivity contribution in [2.24, 2.45) is 5.92 Å². The fourth-order valence-electron chi connectivity index (χ4n) is 2.62. The minimum absolute atomic E-state index is 0.346. The van der Waals surface area contributed by atoms with Crippen molar-refractivity contribution in [1.82, 2.24) is 9.80 Å². The SMILES string of the molecule is CC(C)CN1CCN(Cc2cc(N)ccc2O)CC1. The van der Waals surface area contributed by atoms with Crippen molar-refractivity contribution < 1.29 is 5.11 Å². The molecule has 0 bridgehead atoms. The highest BCUT2D eigenvalue weighted by Crippen LogP contribution is 2.22. The molecule has 19 heavy (non-hydrogen) atoms. The molecule has 1 aliphatic rings. The summed E-state index contributed by atoms with van der Waals surface area (Å²) in [5.41, 5.74) is 7.41. The van der Waals surface area contributed by atoms with Gasteiger partial charge in [0.25, 0.3) is 0 Å². The summed E-state index contributed by atoms with van der Waals surface area (Å²) in [4.78, 5) is 4.89. The van der Waals surface area contributed by atoms with E-state index in [4.69, 9.17) is 5.73 Å². The van der Waals surface area contributed by atoms with Crippen LogP contribution >= 0.6 is 0 Å². The number of nitrogens with zero attached hydrogens (tertiary/aromatic N) is 2. The molecule has 0 radical (unpaired) electrons. The first-order valence-electron chi connectivity index (χ1n) is 7.06. The predicted octanol–water partition coefficient (Wildman–Crippen LogP) is 1.75. The molecule has 0 atom stereocenters. The number of hydrogen-bond donors (Lipinski definition) is 2. The van der Waals surface area contributed by atoms with Gasteiger partial charge in [0, 0.05) is 50.5 Å². The lowest BCUT2D eigenvalue weighted by atomic mass is 10.1. The average molecular weight is 263 g/mol. The number of phenolic OH excluding ortho intramolecular Hbond substituents is 1. The molecule has 0 spiro atoms. The molecule has 1 saturated heterocycles. The third-order valence-electron chi connectivity index (χ3n) is 3.59. The lowest BCUT2D eigenvalue weighted by Gasteiger charge is -2.35. The van der Waals surface area contributed by atoms with E-state index in [2.05, 4.69) is 23.6 Å². The second kappa shape index (κ2) is 6.26. The molecular formula is C15H25N3O. The van der Waals surface area contributed by atoms with Crippen LogP contribution in [0.1, 0.15) is 19.4 Å². The van der Waals surface area contributed by atoms with Crippen LogP contribution in [0.5, 0.6) is 5.75 Å². The number of benzene rings is 1. The normalized spacial score (nSPS) is 18.1. The molecule has 1 fully saturated rings. The Labute approximate surface area is 115 Å². The average Bonchev–Trinajstić information content (AvgIpc) is 2.35. The highest BCUT2D eigenvalue weighted by atomic mass is 16.3. The molecule has 0 amide bonds. The molecule has 1 aromatic rings. The van der Waals surface area contributed by atoms with Crippen LogP contribution in [0.25, 0.3) is 0 Å². The number of aromatic hydroxyl groups is 1. The number of anilines is 1. The first-order valence-corrected chi connectivity index (χ1v) is 7.06. The molecule has 106 valence electrons. The van der Waals surface area contributed by atoms with Crippen LogP contribution in [-0.2, 0) is 6.54 Å². The van der Waals surface area contributed by atoms with E-state index in [-0.39, 0.29) is 0 Å². The Balaban J connectivity index is 1.87. The van der Waals surface area contributed by atoms with Gasteiger partial charge < -0.3 is 15.7 Å². The Hall–Kier alpha value is -1.26. The Morgan fingerprint density at radius 2 is 1.79 bits per heavy atom. The zero-order chi connectivity index (χ0) is 13.8. The van der Waals surface area contributed by atoms with Crippen molar-refractivity contribution in [3.8, 4) is 5.75 Å². The van der Waals surface area contributed by atoms with E-state index in [1.54, 1.807) is 12.1 Å². The largest absolute Gasteiger partial charge is 0.508 e. The van der Waals surface area contributed by atoms with Crippen molar-refractivity contribution in [3.63, 3.8) is 0 Å². The van der Waals surface area contributed by atoms with Crippen molar-refractivity contribution in [1.29, 1.82) is 0 Å². The van der Waals surface area contributed by atoms with Gasteiger partial charge in [0.2, 0.25) is 0 Å². The van der Waals surface area contributed by atoms with Crippen molar-refractivity contribution in [3.05, 3.63) is 23.8 Å². The monoisotopic (exact) mass is 263 g/mol. The van der Waals surface area contributed by atoms with E-state index in [9.17, 15) is 5.11 Å². The Morgan fingerprint density at radius 3 is 2.42 bits per heavy atom. The van der Waals surface area contributed by atoms with Crippen LogP contribution in [0.2, 0.25) is 0 Å². The summed E-state index contributed by atoms with van der Waals surface area (Å²) in [7, 11) is 0. The maximum Gasteiger partial charge on any atom is 0.120 e. The van der Waals surface area contributed by atoms with Gasteiger partial charge in [-0.15, -0.1) is 0 Å². The zero-order valence-corrected chi connectivity index (χ0v) is 12.0. The molecule has 0 saturated carbocycles. The lowest BCUT2D eigenvalue weighted by Crippen LogP contribution is -2.46. The van der Waals surface area contributed by atoms with Gasteiger partial charge in [-0.05, 0) is 24.1 Å². The number of nitrogens with two attached hydrogens (primary N) is 1. The van der Waals surface area contributed by atoms with E-state index >= 15 is 0 Å². The van der Waals surface area contributed by atoms with Crippen molar-refractivity contribution in [2.75, 3.05) is 38.5 Å². The topological polar surface area (TPSA) is 52.7 Å². The number of hydrogen-bond acceptors (Lipinski definition) is 4. The standard InChI is InChI=1S/C15H25N3O/c1-12(2)10-17-5-7-18(8-6-17)11-13-9-14(16)3-4-15(13)19/h3-4,9,12,19H,5-8,10-11,16H2,1-2H3. The summed E-state index contributed by atoms with van der Waals surface area (Å²) in [6, 6.07) is 5.29. The van der Waals surface area contributed by atoms with Gasteiger partial charge in [0.1, 0.15) is 5.75 Å². The van der Waals surface area contributed by atoms with Crippen LogP contribution in [0.3, 0.4) is 0 Å². The first kappa shape index (κ1) is 14.2. The zero-order valence-electron chi connectivity index (χ0n) is 12.0. The molecule has 4 heteroatoms. The second-order valence-corrected chi connectivity index (χ2v) is 5.86. The van der Waals surface area contributed by atoms with Crippen LogP contribution in [0, 0.1) is 5.92 Å². The van der Waals surface area contributed by atoms with E-state index in [1.807, 2.05) is 6.07 Å². The molecular weight excluding hydrogens is 238 g/mol. The number of phenols is 1. The smallest absolute Gasteiger partial charge is 0.120 e. The van der Waals surface area contributed by atoms with E-state index in [0.29, 0.717) is 11.4 Å². The third kappa shape index (κ3) is 4.11. The molecule has 1 aliphatic heterocycles. The van der Waals surface area contributed by atoms with Gasteiger partial charge in [-0.1, -0.05) is 13.8 Å². The van der Waals surface area contributed by atoms with Gasteiger partial charge in [0.05, 0.1) is 0 Å². The summed E-state index contributed by atoms with van der Waals surface area (Å²) >= 11 is 0. The summed E-state index contributed by atoms with van der Waals surface area (Å²) in [5, 5.41) is 9.84. The summed E-state index contributed by atoms with van der Waals surface area (Å²) in [6.45, 7) is 10.8. The molecule has 3 N–H and O–H groups in total. The highest BCUT2D eigenvalue weighted by molar-refractivity contribution is 5.47. The summed E-state index contributed by atoms with van der Waals surface area (Å²) < 4.78 is 0. The fraction of sp³-hybridized carbons (Fsp3) is 0.600. The Morgan fingerprint density at radius 1 is 1.16 bits per heavy atom. The molecule has 1 heterocycles. The van der Waals surface area contributed by atoms with Gasteiger partial charge in [0.15, 0.2) is 0 Å². The first-order chi connectivity index (χ1) is 9.04. The van der Waals surface area contributed by atoms with Gasteiger partial charge in [-0.2, -0.15) is 0 Å². The third-order valence-corrected chi connectivity index (χ3v) is 3.59. The number of rotatable bonds is 4. The van der Waals surface area contributed by atoms with Crippen LogP contribution in [-0.4, -0.2) is 47.6 Å². The van der Waals surface area contributed by atoms with Gasteiger partial charge in [-0.25, -0.2) is 0 Å². The number of piperazine rings is 1. The Bertz CT molecular complexity index is 412. The Kier molecular flexibility index (Phi) is 4.66.